The first-order valence-corrected chi connectivity index (χ1v) is 13.0. The summed E-state index contributed by atoms with van der Waals surface area (Å²) in [5.74, 6) is 1.02. The number of likely N-dealkylation sites (tertiary alicyclic amines) is 1. The Morgan fingerprint density at radius 3 is 2.50 bits per heavy atom. The zero-order chi connectivity index (χ0) is 26.1. The van der Waals surface area contributed by atoms with E-state index in [1.165, 1.54) is 57.2 Å². The van der Waals surface area contributed by atoms with E-state index in [1.54, 1.807) is 0 Å². The number of ether oxygens (including phenoxy) is 3. The summed E-state index contributed by atoms with van der Waals surface area (Å²) in [6.07, 6.45) is 9.25. The number of unbranched alkanes of at least 4 members (excludes halogenated alkanes) is 1. The summed E-state index contributed by atoms with van der Waals surface area (Å²) in [6, 6.07) is 8.73. The highest BCUT2D eigenvalue weighted by molar-refractivity contribution is 5.33. The van der Waals surface area contributed by atoms with Gasteiger partial charge in [0.25, 0.3) is 12.9 Å². The Labute approximate surface area is 215 Å². The summed E-state index contributed by atoms with van der Waals surface area (Å²) < 4.78 is 17.4. The maximum absolute atomic E-state index is 8.36. The van der Waals surface area contributed by atoms with Gasteiger partial charge < -0.3 is 24.4 Å². The van der Waals surface area contributed by atoms with Gasteiger partial charge in [0.1, 0.15) is 5.75 Å². The highest BCUT2D eigenvalue weighted by Crippen LogP contribution is 2.46. The highest BCUT2D eigenvalue weighted by Gasteiger charge is 2.45. The van der Waals surface area contributed by atoms with Crippen LogP contribution in [0.5, 0.6) is 5.75 Å². The zero-order valence-electron chi connectivity index (χ0n) is 21.7. The van der Waals surface area contributed by atoms with Gasteiger partial charge in [-0.05, 0) is 69.3 Å². The van der Waals surface area contributed by atoms with E-state index in [-0.39, 0.29) is 12.9 Å². The van der Waals surface area contributed by atoms with Crippen LogP contribution in [-0.4, -0.2) is 98.7 Å². The lowest BCUT2D eigenvalue weighted by Gasteiger charge is -2.43. The van der Waals surface area contributed by atoms with Crippen molar-refractivity contribution in [3.8, 4) is 5.75 Å². The molecule has 0 aromatic heterocycles. The Morgan fingerprint density at radius 2 is 1.78 bits per heavy atom. The Hall–Kier alpha value is -2.20. The van der Waals surface area contributed by atoms with Gasteiger partial charge in [0, 0.05) is 38.7 Å². The van der Waals surface area contributed by atoms with Crippen molar-refractivity contribution in [3.63, 3.8) is 0 Å². The van der Waals surface area contributed by atoms with Gasteiger partial charge in [-0.25, -0.2) is 0 Å². The van der Waals surface area contributed by atoms with Crippen LogP contribution in [0.25, 0.3) is 0 Å². The number of hydrogen-bond donors (Lipinski definition) is 2. The van der Waals surface area contributed by atoms with Gasteiger partial charge in [-0.2, -0.15) is 0 Å². The number of carbonyl (C=O) groups is 2. The second-order valence-electron chi connectivity index (χ2n) is 9.66. The molecule has 2 aliphatic heterocycles. The molecule has 2 heterocycles. The first kappa shape index (κ1) is 30.0. The molecule has 36 heavy (non-hydrogen) atoms. The molecule has 2 atom stereocenters. The third-order valence-electron chi connectivity index (χ3n) is 7.34. The average molecular weight is 509 g/mol. The van der Waals surface area contributed by atoms with Crippen LogP contribution < -0.4 is 4.74 Å². The lowest BCUT2D eigenvalue weighted by atomic mass is 9.76. The average Bonchev–Trinajstić information content (AvgIpc) is 3.27. The fourth-order valence-electron chi connectivity index (χ4n) is 5.78. The highest BCUT2D eigenvalue weighted by atomic mass is 16.5. The van der Waals surface area contributed by atoms with Gasteiger partial charge in [0.2, 0.25) is 0 Å². The summed E-state index contributed by atoms with van der Waals surface area (Å²) in [5.41, 5.74) is 1.76. The van der Waals surface area contributed by atoms with Gasteiger partial charge >= 0.3 is 0 Å². The Balaban J connectivity index is 0.000000693. The topological polar surface area (TPSA) is 109 Å². The molecule has 3 fully saturated rings. The van der Waals surface area contributed by atoms with Crippen LogP contribution in [-0.2, 0) is 25.6 Å². The van der Waals surface area contributed by atoms with Crippen molar-refractivity contribution in [1.82, 2.24) is 9.80 Å². The molecule has 204 valence electrons. The molecule has 1 spiro atoms. The first-order chi connectivity index (χ1) is 17.6. The van der Waals surface area contributed by atoms with Crippen molar-refractivity contribution < 1.29 is 34.0 Å². The molecular formula is C27H44N2O7. The molecule has 1 aromatic rings. The van der Waals surface area contributed by atoms with Crippen molar-refractivity contribution in [2.45, 2.75) is 57.6 Å². The first-order valence-electron chi connectivity index (χ1n) is 13.0. The van der Waals surface area contributed by atoms with E-state index in [9.17, 15) is 0 Å². The molecule has 4 rings (SSSR count). The zero-order valence-corrected chi connectivity index (χ0v) is 21.7. The molecule has 1 aromatic carbocycles. The van der Waals surface area contributed by atoms with E-state index in [4.69, 9.17) is 34.0 Å². The van der Waals surface area contributed by atoms with Crippen molar-refractivity contribution in [3.05, 3.63) is 29.8 Å². The molecule has 0 unspecified atom stereocenters. The normalized spacial score (nSPS) is 24.2. The molecule has 9 heteroatoms. The SMILES string of the molecule is CO[C@@H]1CCC[C@]12CCCN(Cc1cccc(OCCCCN3CCOCC3)c1)C2.O=CO.O=CO. The largest absolute Gasteiger partial charge is 0.494 e. The van der Waals surface area contributed by atoms with Gasteiger partial charge in [-0.15, -0.1) is 0 Å². The van der Waals surface area contributed by atoms with Crippen molar-refractivity contribution >= 4 is 12.9 Å². The molecule has 2 saturated heterocycles. The quantitative estimate of drug-likeness (QED) is 0.383. The number of carboxylic acid groups (broad SMARTS) is 2. The molecule has 1 aliphatic carbocycles. The van der Waals surface area contributed by atoms with Crippen LogP contribution in [0.15, 0.2) is 24.3 Å². The van der Waals surface area contributed by atoms with Crippen molar-refractivity contribution in [2.75, 3.05) is 59.7 Å². The van der Waals surface area contributed by atoms with E-state index < -0.39 is 0 Å². The third kappa shape index (κ3) is 10.0. The smallest absolute Gasteiger partial charge is 0.290 e. The maximum atomic E-state index is 8.36. The molecule has 2 N–H and O–H groups in total. The molecule has 9 nitrogen and oxygen atoms in total. The monoisotopic (exact) mass is 508 g/mol. The molecular weight excluding hydrogens is 464 g/mol. The second-order valence-corrected chi connectivity index (χ2v) is 9.66. The predicted molar refractivity (Wildman–Crippen MR) is 137 cm³/mol. The summed E-state index contributed by atoms with van der Waals surface area (Å²) in [5, 5.41) is 13.8. The number of nitrogens with zero attached hydrogens (tertiary/aromatic N) is 2. The minimum Gasteiger partial charge on any atom is -0.494 e. The van der Waals surface area contributed by atoms with Crippen LogP contribution in [0.4, 0.5) is 0 Å². The Morgan fingerprint density at radius 1 is 1.06 bits per heavy atom. The van der Waals surface area contributed by atoms with Gasteiger partial charge in [-0.1, -0.05) is 18.6 Å². The van der Waals surface area contributed by atoms with Crippen molar-refractivity contribution in [1.29, 1.82) is 0 Å². The molecule has 0 bridgehead atoms. The standard InChI is InChI=1S/C25H40N2O3.2CH2O2/c1-28-24-9-5-10-25(24)11-6-13-27(21-25)20-22-7-4-8-23(19-22)30-16-3-2-12-26-14-17-29-18-15-26;2*2-1-3/h4,7-8,19,24H,2-3,5-6,9-18,20-21H2,1H3;2*1H,(H,2,3)/t24-,25-;;/m1../s1. The lowest BCUT2D eigenvalue weighted by molar-refractivity contribution is -0.123. The Bertz CT molecular complexity index is 739. The van der Waals surface area contributed by atoms with E-state index in [1.807, 2.05) is 7.11 Å². The number of morpholine rings is 1. The van der Waals surface area contributed by atoms with Gasteiger partial charge in [0.05, 0.1) is 25.9 Å². The minimum atomic E-state index is -0.250. The molecule has 0 amide bonds. The fraction of sp³-hybridized carbons (Fsp3) is 0.704. The predicted octanol–water partition coefficient (Wildman–Crippen LogP) is 3.36. The van der Waals surface area contributed by atoms with Crippen LogP contribution in [0, 0.1) is 5.41 Å². The molecule has 3 aliphatic rings. The van der Waals surface area contributed by atoms with Gasteiger partial charge in [0.15, 0.2) is 0 Å². The minimum absolute atomic E-state index is 0.250. The van der Waals surface area contributed by atoms with Crippen molar-refractivity contribution in [2.24, 2.45) is 5.41 Å². The van der Waals surface area contributed by atoms with E-state index in [2.05, 4.69) is 34.1 Å². The summed E-state index contributed by atoms with van der Waals surface area (Å²) >= 11 is 0. The van der Waals surface area contributed by atoms with Gasteiger partial charge in [-0.3, -0.25) is 19.4 Å². The third-order valence-corrected chi connectivity index (χ3v) is 7.34. The number of hydrogen-bond acceptors (Lipinski definition) is 7. The lowest BCUT2D eigenvalue weighted by Crippen LogP contribution is -2.47. The number of methoxy groups -OCH3 is 1. The van der Waals surface area contributed by atoms with E-state index >= 15 is 0 Å². The van der Waals surface area contributed by atoms with E-state index in [0.29, 0.717) is 11.5 Å². The molecule has 0 radical (unpaired) electrons. The second kappa shape index (κ2) is 17.3. The summed E-state index contributed by atoms with van der Waals surface area (Å²) in [7, 11) is 1.90. The summed E-state index contributed by atoms with van der Waals surface area (Å²) in [6.45, 7) is 8.77. The Kier molecular flexibility index (Phi) is 14.4. The van der Waals surface area contributed by atoms with Crippen LogP contribution in [0.1, 0.15) is 50.5 Å². The molecule has 1 saturated carbocycles. The maximum Gasteiger partial charge on any atom is 0.290 e. The fourth-order valence-corrected chi connectivity index (χ4v) is 5.78. The number of piperidine rings is 1. The number of benzene rings is 1. The van der Waals surface area contributed by atoms with E-state index in [0.717, 1.165) is 58.2 Å². The number of rotatable bonds is 9. The van der Waals surface area contributed by atoms with Crippen LogP contribution in [0.3, 0.4) is 0 Å². The van der Waals surface area contributed by atoms with Crippen LogP contribution >= 0.6 is 0 Å². The van der Waals surface area contributed by atoms with Crippen LogP contribution in [0.2, 0.25) is 0 Å². The summed E-state index contributed by atoms with van der Waals surface area (Å²) in [4.78, 5) is 21.9.